The Balaban J connectivity index is 0.00000990. The van der Waals surface area contributed by atoms with Gasteiger partial charge in [-0.25, -0.2) is 23.6 Å². The minimum atomic E-state index is -4.19. The molecule has 0 bridgehead atoms. The summed E-state index contributed by atoms with van der Waals surface area (Å²) in [5, 5.41) is 74.8. The predicted octanol–water partition coefficient (Wildman–Crippen LogP) is -2.36. The molecule has 4 heterocycles. The molecule has 4 aliphatic rings. The standard InChI is InChI=1S/C52H62FN9O19S.CH3/c1-2-79-36-5-3-4-33(53)30(36)8-7-28-25-62(35-21-29(41(65)42(35)66)23-58-82(55,74)75)48-40(28)47(54)57-26-60(48)24-27-6-9-37(80-52-45(69)43(67)44(68)46(81-52)51(72)73)34(20-27)59-39(64)10-12-56-38(63)11-14-76-16-18-78-19-17-77-15-13-61-49(70)31-22-32(31)50(61)71;/h3-6,9,20,25-26,29,35,41-46,52,54,58,65-69H,2,10-19,21-24H2,1H3,(H5,55,56,59,63,64,72,73,74,75);1H3/q;-1/p+1/t29-,35-,41-,42+,43+,44+,45-,46+,52-;/m1./s1. The van der Waals surface area contributed by atoms with Gasteiger partial charge < -0.3 is 82.9 Å². The minimum absolute atomic E-state index is 0. The number of carbonyl (C=O) groups excluding carboxylic acids is 4. The average molecular weight is 1180 g/mol. The number of hydrogen-bond acceptors (Lipinski definition) is 20. The number of carboxylic acid groups (broad SMARTS) is 1. The first-order valence-corrected chi connectivity index (χ1v) is 27.6. The summed E-state index contributed by atoms with van der Waals surface area (Å²) < 4.78 is 77.5. The van der Waals surface area contributed by atoms with Crippen LogP contribution in [-0.2, 0) is 59.7 Å². The lowest BCUT2D eigenvalue weighted by Gasteiger charge is -2.38. The Morgan fingerprint density at radius 2 is 1.59 bits per heavy atom. The topological polar surface area (TPSA) is 409 Å². The van der Waals surface area contributed by atoms with E-state index in [4.69, 9.17) is 39.3 Å². The van der Waals surface area contributed by atoms with Crippen LogP contribution in [0.15, 0.2) is 60.1 Å². The smallest absolute Gasteiger partial charge is 0.335 e. The zero-order chi connectivity index (χ0) is 59.0. The van der Waals surface area contributed by atoms with Crippen LogP contribution in [0.5, 0.6) is 11.5 Å². The molecule has 4 aromatic rings. The van der Waals surface area contributed by atoms with Crippen molar-refractivity contribution in [2.45, 2.75) is 88.1 Å². The van der Waals surface area contributed by atoms with E-state index < -0.39 is 88.7 Å². The number of nitrogens with two attached hydrogens (primary N) is 2. The number of anilines is 2. The Morgan fingerprint density at radius 1 is 0.892 bits per heavy atom. The second kappa shape index (κ2) is 27.9. The van der Waals surface area contributed by atoms with Crippen LogP contribution in [0.1, 0.15) is 55.3 Å². The Hall–Kier alpha value is -7.25. The summed E-state index contributed by atoms with van der Waals surface area (Å²) in [7, 11) is -4.19. The number of carbonyl (C=O) groups is 5. The number of aromatic nitrogens is 3. The van der Waals surface area contributed by atoms with E-state index in [1.54, 1.807) is 22.1 Å². The van der Waals surface area contributed by atoms with Gasteiger partial charge in [0, 0.05) is 49.4 Å². The van der Waals surface area contributed by atoms with Gasteiger partial charge in [-0.3, -0.25) is 28.6 Å². The number of imide groups is 1. The van der Waals surface area contributed by atoms with Crippen LogP contribution in [0.2, 0.25) is 0 Å². The number of aliphatic hydroxyl groups excluding tert-OH is 5. The van der Waals surface area contributed by atoms with Gasteiger partial charge in [0.1, 0.15) is 58.7 Å². The van der Waals surface area contributed by atoms with E-state index in [2.05, 4.69) is 32.2 Å². The molecular weight excluding hydrogens is 1120 g/mol. The normalized spacial score (nSPS) is 22.9. The van der Waals surface area contributed by atoms with Crippen LogP contribution >= 0.6 is 0 Å². The number of ether oxygens (including phenoxy) is 6. The summed E-state index contributed by atoms with van der Waals surface area (Å²) in [6, 6.07) is 7.53. The average Bonchev–Trinajstić information content (AvgIpc) is 4.14. The van der Waals surface area contributed by atoms with E-state index in [0.29, 0.717) is 23.1 Å². The van der Waals surface area contributed by atoms with Crippen molar-refractivity contribution >= 4 is 62.3 Å². The van der Waals surface area contributed by atoms with Gasteiger partial charge in [0.2, 0.25) is 35.9 Å². The van der Waals surface area contributed by atoms with Crippen molar-refractivity contribution in [3.05, 3.63) is 90.0 Å². The number of carboxylic acids is 1. The molecule has 8 rings (SSSR count). The molecule has 2 aliphatic carbocycles. The summed E-state index contributed by atoms with van der Waals surface area (Å²) >= 11 is 0. The van der Waals surface area contributed by atoms with E-state index in [-0.39, 0.29) is 156 Å². The van der Waals surface area contributed by atoms with Crippen LogP contribution in [0, 0.1) is 31.0 Å². The van der Waals surface area contributed by atoms with Crippen LogP contribution in [0.4, 0.5) is 15.9 Å². The lowest BCUT2D eigenvalue weighted by molar-refractivity contribution is -0.668. The third-order valence-corrected chi connectivity index (χ3v) is 14.4. The number of likely N-dealkylation sites (tertiary alicyclic amines) is 1. The summed E-state index contributed by atoms with van der Waals surface area (Å²) in [5.74, 6) is 0.884. The van der Waals surface area contributed by atoms with Crippen LogP contribution in [-0.4, -0.2) is 192 Å². The molecule has 9 atom stereocenters. The maximum absolute atomic E-state index is 15.3. The van der Waals surface area contributed by atoms with E-state index in [1.807, 2.05) is 0 Å². The van der Waals surface area contributed by atoms with Crippen molar-refractivity contribution in [2.75, 3.05) is 76.9 Å². The van der Waals surface area contributed by atoms with Gasteiger partial charge in [-0.2, -0.15) is 8.42 Å². The van der Waals surface area contributed by atoms with E-state index >= 15 is 4.39 Å². The maximum Gasteiger partial charge on any atom is 0.335 e. The number of rotatable bonds is 27. The van der Waals surface area contributed by atoms with Crippen LogP contribution in [0.25, 0.3) is 11.0 Å². The molecule has 0 radical (unpaired) electrons. The molecule has 2 aromatic heterocycles. The minimum Gasteiger partial charge on any atom is -0.492 e. The molecule has 83 heavy (non-hydrogen) atoms. The molecule has 28 nitrogen and oxygen atoms in total. The van der Waals surface area contributed by atoms with Gasteiger partial charge in [-0.15, -0.1) is 0 Å². The van der Waals surface area contributed by atoms with Crippen molar-refractivity contribution in [3.63, 3.8) is 0 Å². The molecule has 450 valence electrons. The number of fused-ring (bicyclic) bond motifs is 1. The first-order valence-electron chi connectivity index (χ1n) is 26.0. The first kappa shape index (κ1) is 63.3. The zero-order valence-corrected chi connectivity index (χ0v) is 46.0. The van der Waals surface area contributed by atoms with E-state index in [9.17, 15) is 63.0 Å². The quantitative estimate of drug-likeness (QED) is 0.00978. The number of aliphatic carboxylic acids is 1. The fourth-order valence-electron chi connectivity index (χ4n) is 9.59. The molecule has 1 saturated carbocycles. The number of benzene rings is 2. The number of halogens is 1. The predicted molar refractivity (Wildman–Crippen MR) is 287 cm³/mol. The van der Waals surface area contributed by atoms with Crippen molar-refractivity contribution in [1.82, 2.24) is 24.5 Å². The zero-order valence-electron chi connectivity index (χ0n) is 45.1. The molecule has 4 amide bonds. The second-order valence-electron chi connectivity index (χ2n) is 19.5. The Kier molecular flexibility index (Phi) is 21.3. The second-order valence-corrected chi connectivity index (χ2v) is 20.8. The number of aliphatic hydroxyl groups is 5. The van der Waals surface area contributed by atoms with Gasteiger partial charge >= 0.3 is 5.97 Å². The number of piperidine rings is 1. The lowest BCUT2D eigenvalue weighted by atomic mass is 9.99. The van der Waals surface area contributed by atoms with Gasteiger partial charge in [0.15, 0.2) is 6.10 Å². The maximum atomic E-state index is 15.3. The highest BCUT2D eigenvalue weighted by Gasteiger charge is 2.49. The van der Waals surface area contributed by atoms with Gasteiger partial charge in [0.05, 0.1) is 82.9 Å². The van der Waals surface area contributed by atoms with Gasteiger partial charge in [-0.1, -0.05) is 29.0 Å². The third-order valence-electron chi connectivity index (χ3n) is 13.8. The van der Waals surface area contributed by atoms with Crippen molar-refractivity contribution in [1.29, 1.82) is 0 Å². The van der Waals surface area contributed by atoms with Gasteiger partial charge in [-0.05, 0) is 43.2 Å². The molecule has 30 heteroatoms. The molecule has 2 aliphatic heterocycles. The third kappa shape index (κ3) is 15.3. The fraction of sp³-hybridized carbons (Fsp3) is 0.472. The summed E-state index contributed by atoms with van der Waals surface area (Å²) in [4.78, 5) is 67.7. The Morgan fingerprint density at radius 3 is 2.28 bits per heavy atom. The summed E-state index contributed by atoms with van der Waals surface area (Å²) in [5.41, 5.74) is 8.42. The largest absolute Gasteiger partial charge is 0.492 e. The van der Waals surface area contributed by atoms with E-state index in [1.165, 1.54) is 47.8 Å². The van der Waals surface area contributed by atoms with Crippen molar-refractivity contribution < 1.29 is 100 Å². The van der Waals surface area contributed by atoms with E-state index in [0.717, 1.165) is 0 Å². The Bertz CT molecular complexity index is 3260. The number of hydrogen-bond donors (Lipinski definition) is 11. The molecular formula is C53H66FN9O19S. The fourth-order valence-corrected chi connectivity index (χ4v) is 10.0. The molecule has 13 N–H and O–H groups in total. The SMILES string of the molecule is CCOc1cccc(F)c1C#Cc1cn([C@@H]2C[C@H](CNS(N)(=O)=O)[C@@H](O)[C@H]2O)c2c1c(N)nc[n+]2Cc1ccc(O[C@@H]2O[C@H](C(=O)O)[C@@H](O)[C@H](O)[C@H]2O)c(NC(=O)CCNC(=O)CCOCCOCCOCCN2C(=O)C3=C(C3)C2=O)c1.[CH3-]. The molecule has 0 spiro atoms. The number of nitrogen functional groups attached to an aromatic ring is 1. The van der Waals surface area contributed by atoms with Crippen molar-refractivity contribution in [2.24, 2.45) is 11.1 Å². The monoisotopic (exact) mass is 1180 g/mol. The van der Waals surface area contributed by atoms with Crippen molar-refractivity contribution in [3.8, 4) is 23.3 Å². The molecule has 1 saturated heterocycles. The molecule has 2 aromatic carbocycles. The lowest BCUT2D eigenvalue weighted by Crippen LogP contribution is -2.61. The first-order chi connectivity index (χ1) is 39.1. The number of amides is 4. The summed E-state index contributed by atoms with van der Waals surface area (Å²) in [6.45, 7) is 2.52. The van der Waals surface area contributed by atoms with Gasteiger partial charge in [0.25, 0.3) is 22.0 Å². The summed E-state index contributed by atoms with van der Waals surface area (Å²) in [6.07, 6.45) is -9.92. The highest BCUT2D eigenvalue weighted by Crippen LogP contribution is 2.41. The molecule has 2 fully saturated rings. The molecule has 0 unspecified atom stereocenters. The number of nitrogens with one attached hydrogen (secondary N) is 3. The Labute approximate surface area is 475 Å². The van der Waals surface area contributed by atoms with Crippen LogP contribution in [0.3, 0.4) is 0 Å². The number of nitrogens with zero attached hydrogens (tertiary/aromatic N) is 4. The highest BCUT2D eigenvalue weighted by atomic mass is 32.2. The highest BCUT2D eigenvalue weighted by molar-refractivity contribution is 7.87. The van der Waals surface area contributed by atoms with Crippen LogP contribution < -0.4 is 40.3 Å².